The second kappa shape index (κ2) is 6.78. The second-order valence-electron chi connectivity index (χ2n) is 5.06. The number of aryl methyl sites for hydroxylation is 1. The molecule has 1 N–H and O–H groups in total. The fourth-order valence-corrected chi connectivity index (χ4v) is 2.68. The molecule has 0 unspecified atom stereocenters. The van der Waals surface area contributed by atoms with Crippen LogP contribution in [0.3, 0.4) is 0 Å². The van der Waals surface area contributed by atoms with Gasteiger partial charge in [-0.15, -0.1) is 0 Å². The number of hydrogen-bond acceptors (Lipinski definition) is 4. The molecule has 0 saturated heterocycles. The minimum atomic E-state index is -0.143. The fraction of sp³-hybridized carbons (Fsp3) is 0.188. The zero-order valence-electron chi connectivity index (χ0n) is 12.5. The molecule has 2 heterocycles. The van der Waals surface area contributed by atoms with Crippen molar-refractivity contribution in [2.24, 2.45) is 0 Å². The summed E-state index contributed by atoms with van der Waals surface area (Å²) in [7, 11) is 0. The summed E-state index contributed by atoms with van der Waals surface area (Å²) in [6, 6.07) is 11.4. The number of halogens is 1. The first-order valence-corrected chi connectivity index (χ1v) is 7.88. The van der Waals surface area contributed by atoms with Crippen molar-refractivity contribution in [1.82, 2.24) is 20.0 Å². The number of carbonyl (C=O) groups excluding carboxylic acids is 1. The van der Waals surface area contributed by atoms with Gasteiger partial charge in [0, 0.05) is 24.1 Å². The summed E-state index contributed by atoms with van der Waals surface area (Å²) >= 11 is 3.42. The van der Waals surface area contributed by atoms with Gasteiger partial charge in [-0.05, 0) is 29.8 Å². The Kier molecular flexibility index (Phi) is 4.57. The lowest BCUT2D eigenvalue weighted by Gasteiger charge is -2.08. The summed E-state index contributed by atoms with van der Waals surface area (Å²) in [5, 5.41) is 6.77. The van der Waals surface area contributed by atoms with E-state index in [0.717, 1.165) is 10.0 Å². The number of amides is 1. The average Bonchev–Trinajstić information content (AvgIpc) is 3.14. The number of rotatable bonds is 5. The molecule has 0 spiro atoms. The van der Waals surface area contributed by atoms with Crippen LogP contribution in [-0.2, 0) is 13.1 Å². The van der Waals surface area contributed by atoms with E-state index in [1.807, 2.05) is 36.5 Å². The van der Waals surface area contributed by atoms with E-state index in [-0.39, 0.29) is 5.91 Å². The van der Waals surface area contributed by atoms with Crippen molar-refractivity contribution in [3.63, 3.8) is 0 Å². The van der Waals surface area contributed by atoms with Crippen molar-refractivity contribution in [3.8, 4) is 0 Å². The van der Waals surface area contributed by atoms with Crippen LogP contribution in [0, 0.1) is 6.92 Å². The maximum atomic E-state index is 12.4. The summed E-state index contributed by atoms with van der Waals surface area (Å²) < 4.78 is 7.73. The first kappa shape index (κ1) is 15.5. The van der Waals surface area contributed by atoms with Crippen LogP contribution in [0.1, 0.15) is 27.8 Å². The third kappa shape index (κ3) is 3.87. The van der Waals surface area contributed by atoms with Gasteiger partial charge in [-0.3, -0.25) is 4.79 Å². The Hall–Kier alpha value is -2.41. The van der Waals surface area contributed by atoms with Crippen LogP contribution in [-0.4, -0.2) is 20.6 Å². The normalized spacial score (nSPS) is 10.7. The Balaban J connectivity index is 1.67. The van der Waals surface area contributed by atoms with Gasteiger partial charge in [-0.1, -0.05) is 33.2 Å². The SMILES string of the molecule is Cc1nc(Cn2cccc2C(=O)NCc2cccc(Br)c2)no1. The highest BCUT2D eigenvalue weighted by Gasteiger charge is 2.12. The summed E-state index contributed by atoms with van der Waals surface area (Å²) in [4.78, 5) is 16.5. The van der Waals surface area contributed by atoms with E-state index in [2.05, 4.69) is 31.4 Å². The van der Waals surface area contributed by atoms with Crippen molar-refractivity contribution in [2.45, 2.75) is 20.0 Å². The van der Waals surface area contributed by atoms with E-state index in [9.17, 15) is 4.79 Å². The zero-order chi connectivity index (χ0) is 16.2. The molecule has 1 amide bonds. The van der Waals surface area contributed by atoms with E-state index in [0.29, 0.717) is 30.5 Å². The topological polar surface area (TPSA) is 73.0 Å². The smallest absolute Gasteiger partial charge is 0.268 e. The van der Waals surface area contributed by atoms with Crippen molar-refractivity contribution in [2.75, 3.05) is 0 Å². The number of hydrogen-bond donors (Lipinski definition) is 1. The Morgan fingerprint density at radius 2 is 2.22 bits per heavy atom. The van der Waals surface area contributed by atoms with Gasteiger partial charge in [0.15, 0.2) is 5.82 Å². The molecule has 0 aliphatic heterocycles. The van der Waals surface area contributed by atoms with Crippen molar-refractivity contribution >= 4 is 21.8 Å². The standard InChI is InChI=1S/C16H15BrN4O2/c1-11-19-15(20-23-11)10-21-7-3-6-14(21)16(22)18-9-12-4-2-5-13(17)8-12/h2-8H,9-10H2,1H3,(H,18,22). The van der Waals surface area contributed by atoms with Crippen LogP contribution in [0.4, 0.5) is 0 Å². The average molecular weight is 375 g/mol. The van der Waals surface area contributed by atoms with Gasteiger partial charge in [0.2, 0.25) is 5.89 Å². The van der Waals surface area contributed by atoms with Gasteiger partial charge in [0.1, 0.15) is 5.69 Å². The van der Waals surface area contributed by atoms with E-state index in [1.54, 1.807) is 17.6 Å². The van der Waals surface area contributed by atoms with Crippen LogP contribution in [0.15, 0.2) is 51.6 Å². The number of aromatic nitrogens is 3. The van der Waals surface area contributed by atoms with E-state index < -0.39 is 0 Å². The van der Waals surface area contributed by atoms with Gasteiger partial charge in [0.25, 0.3) is 5.91 Å². The van der Waals surface area contributed by atoms with Crippen LogP contribution < -0.4 is 5.32 Å². The maximum absolute atomic E-state index is 12.4. The van der Waals surface area contributed by atoms with Gasteiger partial charge in [-0.2, -0.15) is 4.98 Å². The quantitative estimate of drug-likeness (QED) is 0.744. The molecule has 0 aliphatic carbocycles. The van der Waals surface area contributed by atoms with Gasteiger partial charge in [0.05, 0.1) is 6.54 Å². The highest BCUT2D eigenvalue weighted by molar-refractivity contribution is 9.10. The highest BCUT2D eigenvalue weighted by atomic mass is 79.9. The summed E-state index contributed by atoms with van der Waals surface area (Å²) in [6.07, 6.45) is 1.82. The first-order valence-electron chi connectivity index (χ1n) is 7.09. The molecule has 7 heteroatoms. The highest BCUT2D eigenvalue weighted by Crippen LogP contribution is 2.12. The first-order chi connectivity index (χ1) is 11.1. The van der Waals surface area contributed by atoms with E-state index in [4.69, 9.17) is 4.52 Å². The number of nitrogens with one attached hydrogen (secondary N) is 1. The Morgan fingerprint density at radius 1 is 1.35 bits per heavy atom. The van der Waals surface area contributed by atoms with Gasteiger partial charge in [-0.25, -0.2) is 0 Å². The molecule has 6 nitrogen and oxygen atoms in total. The fourth-order valence-electron chi connectivity index (χ4n) is 2.24. The third-order valence-electron chi connectivity index (χ3n) is 3.29. The molecule has 23 heavy (non-hydrogen) atoms. The molecule has 2 aromatic heterocycles. The summed E-state index contributed by atoms with van der Waals surface area (Å²) in [5.41, 5.74) is 1.59. The van der Waals surface area contributed by atoms with E-state index >= 15 is 0 Å². The lowest BCUT2D eigenvalue weighted by Crippen LogP contribution is -2.25. The Labute approximate surface area is 141 Å². The molecule has 0 atom stereocenters. The molecule has 0 fully saturated rings. The number of benzene rings is 1. The van der Waals surface area contributed by atoms with Crippen LogP contribution in [0.5, 0.6) is 0 Å². The lowest BCUT2D eigenvalue weighted by atomic mass is 10.2. The third-order valence-corrected chi connectivity index (χ3v) is 3.78. The summed E-state index contributed by atoms with van der Waals surface area (Å²) in [6.45, 7) is 2.59. The molecule has 0 bridgehead atoms. The zero-order valence-corrected chi connectivity index (χ0v) is 14.1. The molecule has 118 valence electrons. The van der Waals surface area contributed by atoms with Gasteiger partial charge < -0.3 is 14.4 Å². The van der Waals surface area contributed by atoms with Crippen molar-refractivity contribution in [1.29, 1.82) is 0 Å². The Morgan fingerprint density at radius 3 is 2.96 bits per heavy atom. The maximum Gasteiger partial charge on any atom is 0.268 e. The van der Waals surface area contributed by atoms with Crippen molar-refractivity contribution in [3.05, 3.63) is 70.0 Å². The minimum Gasteiger partial charge on any atom is -0.347 e. The minimum absolute atomic E-state index is 0.143. The second-order valence-corrected chi connectivity index (χ2v) is 5.98. The predicted molar refractivity (Wildman–Crippen MR) is 87.9 cm³/mol. The number of carbonyl (C=O) groups is 1. The van der Waals surface area contributed by atoms with Crippen LogP contribution >= 0.6 is 15.9 Å². The van der Waals surface area contributed by atoms with Crippen molar-refractivity contribution < 1.29 is 9.32 Å². The molecular formula is C16H15BrN4O2. The molecular weight excluding hydrogens is 360 g/mol. The summed E-state index contributed by atoms with van der Waals surface area (Å²) in [5.74, 6) is 0.905. The molecule has 0 radical (unpaired) electrons. The largest absolute Gasteiger partial charge is 0.347 e. The molecule has 0 saturated carbocycles. The molecule has 3 aromatic rings. The molecule has 0 aliphatic rings. The van der Waals surface area contributed by atoms with E-state index in [1.165, 1.54) is 0 Å². The van der Waals surface area contributed by atoms with Gasteiger partial charge >= 0.3 is 0 Å². The van der Waals surface area contributed by atoms with Crippen LogP contribution in [0.2, 0.25) is 0 Å². The van der Waals surface area contributed by atoms with Crippen LogP contribution in [0.25, 0.3) is 0 Å². The monoisotopic (exact) mass is 374 g/mol. The Bertz CT molecular complexity index is 825. The molecule has 1 aromatic carbocycles. The predicted octanol–water partition coefficient (Wildman–Crippen LogP) is 2.92. The number of nitrogens with zero attached hydrogens (tertiary/aromatic N) is 3. The molecule has 3 rings (SSSR count). The lowest BCUT2D eigenvalue weighted by molar-refractivity contribution is 0.0942.